The summed E-state index contributed by atoms with van der Waals surface area (Å²) in [6.45, 7) is 5.44. The molecule has 4 rings (SSSR count). The minimum Gasteiger partial charge on any atom is -0.393 e. The van der Waals surface area contributed by atoms with Gasteiger partial charge in [0, 0.05) is 15.2 Å². The zero-order chi connectivity index (χ0) is 30.8. The second-order valence-electron chi connectivity index (χ2n) is 13.5. The van der Waals surface area contributed by atoms with Crippen LogP contribution < -0.4 is 5.32 Å². The number of aliphatic hydroxyl groups excluding tert-OH is 2. The summed E-state index contributed by atoms with van der Waals surface area (Å²) in [5.41, 5.74) is -3.33. The summed E-state index contributed by atoms with van der Waals surface area (Å²) in [5.74, 6) is 1.16. The third-order valence-corrected chi connectivity index (χ3v) is 11.9. The van der Waals surface area contributed by atoms with Crippen LogP contribution in [0.25, 0.3) is 0 Å². The summed E-state index contributed by atoms with van der Waals surface area (Å²) in [6.07, 6.45) is 9.54. The van der Waals surface area contributed by atoms with Crippen LogP contribution in [0.1, 0.15) is 104 Å². The van der Waals surface area contributed by atoms with Crippen molar-refractivity contribution in [2.45, 2.75) is 111 Å². The SMILES string of the molecule is [2H]C([2H])(NC(=O)[C@@H](C)CCC[C@@H](C)[C@H]1CC[C@H]2C3C(O)C[C@@H]4C[C@H](O)CC[C@]4(C)[C@H]3CC[C@]12C)C([2H])([2H])S(=O)(=O)O. The first kappa shape index (κ1) is 24.1. The quantitative estimate of drug-likeness (QED) is 0.318. The molecule has 4 fully saturated rings. The monoisotopic (exact) mass is 545 g/mol. The van der Waals surface area contributed by atoms with Crippen LogP contribution in [0, 0.1) is 52.3 Å². The molecule has 0 bridgehead atoms. The van der Waals surface area contributed by atoms with Gasteiger partial charge in [0.15, 0.2) is 0 Å². The topological polar surface area (TPSA) is 124 Å². The number of carbonyl (C=O) groups is 1. The number of rotatable bonds is 9. The van der Waals surface area contributed by atoms with Crippen molar-refractivity contribution in [1.82, 2.24) is 5.32 Å². The predicted molar refractivity (Wildman–Crippen MR) is 144 cm³/mol. The molecule has 4 aliphatic carbocycles. The molecule has 0 aromatic heterocycles. The van der Waals surface area contributed by atoms with Gasteiger partial charge in [-0.05, 0) is 104 Å². The van der Waals surface area contributed by atoms with Crippen LogP contribution in [0.5, 0.6) is 0 Å². The van der Waals surface area contributed by atoms with E-state index in [2.05, 4.69) is 20.8 Å². The molecule has 0 aliphatic heterocycles. The van der Waals surface area contributed by atoms with Crippen molar-refractivity contribution in [2.24, 2.45) is 52.3 Å². The number of amides is 1. The molecule has 0 aromatic rings. The van der Waals surface area contributed by atoms with Gasteiger partial charge >= 0.3 is 0 Å². The van der Waals surface area contributed by atoms with Crippen molar-refractivity contribution in [3.63, 3.8) is 0 Å². The van der Waals surface area contributed by atoms with Gasteiger partial charge < -0.3 is 15.5 Å². The molecule has 4 saturated carbocycles. The maximum atomic E-state index is 12.6. The summed E-state index contributed by atoms with van der Waals surface area (Å²) in [7, 11) is -5.39. The Balaban J connectivity index is 1.34. The Morgan fingerprint density at radius 1 is 1.03 bits per heavy atom. The lowest BCUT2D eigenvalue weighted by Gasteiger charge is -2.62. The van der Waals surface area contributed by atoms with Gasteiger partial charge in [0.2, 0.25) is 5.91 Å². The Morgan fingerprint density at radius 2 is 1.70 bits per heavy atom. The Morgan fingerprint density at radius 3 is 2.41 bits per heavy atom. The molecule has 0 spiro atoms. The number of hydrogen-bond acceptors (Lipinski definition) is 5. The first-order valence-electron chi connectivity index (χ1n) is 16.4. The van der Waals surface area contributed by atoms with E-state index in [0.29, 0.717) is 41.9 Å². The number of carbonyl (C=O) groups excluding carboxylic acids is 1. The molecule has 0 radical (unpaired) electrons. The molecule has 7 nitrogen and oxygen atoms in total. The fourth-order valence-corrected chi connectivity index (χ4v) is 9.71. The van der Waals surface area contributed by atoms with E-state index in [-0.39, 0.29) is 23.0 Å². The van der Waals surface area contributed by atoms with E-state index in [1.54, 1.807) is 6.92 Å². The highest BCUT2D eigenvalue weighted by Gasteiger charge is 2.62. The van der Waals surface area contributed by atoms with E-state index < -0.39 is 34.1 Å². The largest absolute Gasteiger partial charge is 0.393 e. The Labute approximate surface area is 229 Å². The Hall–Kier alpha value is -0.700. The molecule has 0 saturated heterocycles. The van der Waals surface area contributed by atoms with E-state index in [0.717, 1.165) is 64.2 Å². The van der Waals surface area contributed by atoms with Gasteiger partial charge in [-0.25, -0.2) is 0 Å². The van der Waals surface area contributed by atoms with Crippen LogP contribution in [0.4, 0.5) is 0 Å². The second-order valence-corrected chi connectivity index (χ2v) is 14.6. The van der Waals surface area contributed by atoms with Crippen LogP contribution in [0.2, 0.25) is 0 Å². The fourth-order valence-electron chi connectivity index (χ4n) is 9.53. The highest BCUT2D eigenvalue weighted by atomic mass is 32.2. The zero-order valence-corrected chi connectivity index (χ0v) is 23.8. The van der Waals surface area contributed by atoms with Gasteiger partial charge in [-0.1, -0.05) is 40.5 Å². The fraction of sp³-hybridized carbons (Fsp3) is 0.966. The maximum absolute atomic E-state index is 12.6. The number of hydrogen-bond donors (Lipinski definition) is 4. The lowest BCUT2D eigenvalue weighted by molar-refractivity contribution is -0.174. The molecule has 4 N–H and O–H groups in total. The van der Waals surface area contributed by atoms with Crippen molar-refractivity contribution in [3.05, 3.63) is 0 Å². The van der Waals surface area contributed by atoms with Gasteiger partial charge in [-0.2, -0.15) is 8.42 Å². The second kappa shape index (κ2) is 11.1. The third kappa shape index (κ3) is 5.92. The van der Waals surface area contributed by atoms with E-state index >= 15 is 0 Å². The van der Waals surface area contributed by atoms with Crippen LogP contribution in [-0.4, -0.2) is 53.5 Å². The molecular weight excluding hydrogens is 490 g/mol. The third-order valence-electron chi connectivity index (χ3n) is 11.5. The molecule has 4 aliphatic rings. The minimum absolute atomic E-state index is 0.152. The van der Waals surface area contributed by atoms with Gasteiger partial charge in [-0.15, -0.1) is 0 Å². The average Bonchev–Trinajstić information content (AvgIpc) is 3.21. The first-order chi connectivity index (χ1) is 18.8. The van der Waals surface area contributed by atoms with E-state index in [9.17, 15) is 23.4 Å². The van der Waals surface area contributed by atoms with Crippen molar-refractivity contribution in [3.8, 4) is 0 Å². The molecule has 1 amide bonds. The molecule has 8 heteroatoms. The maximum Gasteiger partial charge on any atom is 0.266 e. The number of aliphatic hydroxyl groups is 2. The predicted octanol–water partition coefficient (Wildman–Crippen LogP) is 4.42. The Kier molecular flexibility index (Phi) is 7.21. The van der Waals surface area contributed by atoms with Crippen LogP contribution >= 0.6 is 0 Å². The molecule has 214 valence electrons. The minimum atomic E-state index is -5.39. The molecule has 11 atom stereocenters. The van der Waals surface area contributed by atoms with Gasteiger partial charge in [0.1, 0.15) is 0 Å². The average molecular weight is 546 g/mol. The number of nitrogens with one attached hydrogen (secondary N) is 1. The van der Waals surface area contributed by atoms with Crippen LogP contribution in [-0.2, 0) is 14.9 Å². The van der Waals surface area contributed by atoms with Crippen molar-refractivity contribution < 1.29 is 33.5 Å². The van der Waals surface area contributed by atoms with E-state index in [1.165, 1.54) is 0 Å². The van der Waals surface area contributed by atoms with Crippen molar-refractivity contribution in [1.29, 1.82) is 0 Å². The zero-order valence-electron chi connectivity index (χ0n) is 26.9. The smallest absolute Gasteiger partial charge is 0.266 e. The normalized spacial score (nSPS) is 45.6. The molecule has 0 heterocycles. The Bertz CT molecular complexity index is 1090. The van der Waals surface area contributed by atoms with E-state index in [4.69, 9.17) is 10.0 Å². The van der Waals surface area contributed by atoms with Gasteiger partial charge in [0.25, 0.3) is 10.1 Å². The molecule has 37 heavy (non-hydrogen) atoms. The summed E-state index contributed by atoms with van der Waals surface area (Å²) < 4.78 is 62.0. The highest BCUT2D eigenvalue weighted by molar-refractivity contribution is 7.85. The molecule has 0 aromatic carbocycles. The molecular formula is C29H51NO6S. The summed E-state index contributed by atoms with van der Waals surface area (Å²) in [5, 5.41) is 23.6. The first-order valence-corrected chi connectivity index (χ1v) is 15.9. The van der Waals surface area contributed by atoms with Crippen LogP contribution in [0.3, 0.4) is 0 Å². The standard InChI is InChI=1S/C29H51NO6S/c1-18(6-5-7-19(2)27(33)30-14-15-37(34,35)36)22-8-9-23-26-24(11-13-29(22,23)4)28(3)12-10-21(31)16-20(28)17-25(26)32/h18-26,31-32H,5-17H2,1-4H3,(H,30,33)(H,34,35,36)/t18-,19+,20+,21-,22-,23+,24+,25?,26?,28+,29-/m1/s1/i14D2,15D2. The lowest BCUT2D eigenvalue weighted by Crippen LogP contribution is -2.58. The van der Waals surface area contributed by atoms with Crippen molar-refractivity contribution in [2.75, 3.05) is 12.2 Å². The van der Waals surface area contributed by atoms with E-state index in [1.807, 2.05) is 5.32 Å². The summed E-state index contributed by atoms with van der Waals surface area (Å²) in [6, 6.07) is 0. The summed E-state index contributed by atoms with van der Waals surface area (Å²) in [4.78, 5) is 12.6. The molecule has 2 unspecified atom stereocenters. The summed E-state index contributed by atoms with van der Waals surface area (Å²) >= 11 is 0. The van der Waals surface area contributed by atoms with Crippen LogP contribution in [0.15, 0.2) is 0 Å². The lowest BCUT2D eigenvalue weighted by atomic mass is 9.43. The van der Waals surface area contributed by atoms with Gasteiger partial charge in [0.05, 0.1) is 20.7 Å². The van der Waals surface area contributed by atoms with Gasteiger partial charge in [-0.3, -0.25) is 9.35 Å². The van der Waals surface area contributed by atoms with Crippen molar-refractivity contribution >= 4 is 16.0 Å². The highest BCUT2D eigenvalue weighted by Crippen LogP contribution is 2.68. The number of fused-ring (bicyclic) bond motifs is 5.